The minimum atomic E-state index is -0.445. The molecule has 1 N–H and O–H groups in total. The third-order valence-corrected chi connectivity index (χ3v) is 2.62. The molecule has 0 spiro atoms. The van der Waals surface area contributed by atoms with Crippen LogP contribution < -0.4 is 5.32 Å². The van der Waals surface area contributed by atoms with E-state index >= 15 is 0 Å². The van der Waals surface area contributed by atoms with E-state index in [2.05, 4.69) is 38.0 Å². The molecule has 0 bridgehead atoms. The number of ether oxygens (including phenoxy) is 1. The van der Waals surface area contributed by atoms with Gasteiger partial charge in [-0.2, -0.15) is 5.10 Å². The second-order valence-electron chi connectivity index (χ2n) is 3.21. The van der Waals surface area contributed by atoms with Crippen LogP contribution in [0.4, 0.5) is 4.79 Å². The first-order valence-corrected chi connectivity index (χ1v) is 5.97. The lowest BCUT2D eigenvalue weighted by atomic mass is 10.4. The molecule has 0 aromatic carbocycles. The number of amides is 1. The topological polar surface area (TPSA) is 66.3 Å². The van der Waals surface area contributed by atoms with Crippen LogP contribution in [0.1, 0.15) is 6.92 Å². The van der Waals surface area contributed by atoms with Crippen LogP contribution in [-0.4, -0.2) is 40.0 Å². The molecule has 0 aromatic rings. The molecule has 2 rings (SSSR count). The molecule has 2 aliphatic heterocycles. The van der Waals surface area contributed by atoms with Gasteiger partial charge in [-0.15, -0.1) is 0 Å². The lowest BCUT2D eigenvalue weighted by Gasteiger charge is -2.16. The summed E-state index contributed by atoms with van der Waals surface area (Å²) in [5.41, 5.74) is 0. The second kappa shape index (κ2) is 4.81. The summed E-state index contributed by atoms with van der Waals surface area (Å²) in [7, 11) is 0. The third-order valence-electron chi connectivity index (χ3n) is 2.04. The van der Waals surface area contributed by atoms with Crippen LogP contribution in [-0.2, 0) is 4.74 Å². The molecule has 0 radical (unpaired) electrons. The van der Waals surface area contributed by atoms with E-state index in [1.54, 1.807) is 11.9 Å². The number of carbonyl (C=O) groups is 1. The van der Waals surface area contributed by atoms with Crippen molar-refractivity contribution in [1.29, 1.82) is 0 Å². The lowest BCUT2D eigenvalue weighted by molar-refractivity contribution is 0.148. The predicted molar refractivity (Wildman–Crippen MR) is 68.7 cm³/mol. The lowest BCUT2D eigenvalue weighted by Crippen LogP contribution is -2.37. The molecular formula is C9H11IN4O2. The molecule has 2 aliphatic rings. The molecule has 16 heavy (non-hydrogen) atoms. The number of carbonyl (C=O) groups excluding carboxylic acids is 1. The monoisotopic (exact) mass is 334 g/mol. The Balaban J connectivity index is 1.96. The number of amidine groups is 1. The summed E-state index contributed by atoms with van der Waals surface area (Å²) in [6.45, 7) is 2.67. The summed E-state index contributed by atoms with van der Waals surface area (Å²) >= 11 is 2.13. The summed E-state index contributed by atoms with van der Waals surface area (Å²) in [6, 6.07) is 0. The van der Waals surface area contributed by atoms with E-state index in [9.17, 15) is 4.79 Å². The Kier molecular flexibility index (Phi) is 3.42. The van der Waals surface area contributed by atoms with Gasteiger partial charge in [0.15, 0.2) is 0 Å². The first-order valence-electron chi connectivity index (χ1n) is 4.90. The number of halogens is 1. The number of nitrogens with one attached hydrogen (secondary N) is 1. The highest BCUT2D eigenvalue weighted by atomic mass is 127. The van der Waals surface area contributed by atoms with Gasteiger partial charge in [-0.25, -0.2) is 14.8 Å². The summed E-state index contributed by atoms with van der Waals surface area (Å²) < 4.78 is 5.68. The molecule has 0 saturated heterocycles. The van der Waals surface area contributed by atoms with E-state index in [1.165, 1.54) is 0 Å². The number of rotatable bonds is 2. The van der Waals surface area contributed by atoms with Crippen LogP contribution in [0.2, 0.25) is 0 Å². The molecule has 1 amide bonds. The Labute approximate surface area is 107 Å². The second-order valence-corrected chi connectivity index (χ2v) is 4.31. The van der Waals surface area contributed by atoms with Gasteiger partial charge in [0.2, 0.25) is 0 Å². The van der Waals surface area contributed by atoms with Gasteiger partial charge < -0.3 is 4.74 Å². The average molecular weight is 334 g/mol. The Morgan fingerprint density at radius 1 is 1.75 bits per heavy atom. The van der Waals surface area contributed by atoms with Crippen molar-refractivity contribution in [3.63, 3.8) is 0 Å². The van der Waals surface area contributed by atoms with Crippen molar-refractivity contribution in [2.24, 2.45) is 10.1 Å². The normalized spacial score (nSPS) is 22.4. The zero-order valence-electron chi connectivity index (χ0n) is 8.68. The molecular weight excluding hydrogens is 323 g/mol. The number of hydrogen-bond acceptors (Lipinski definition) is 5. The van der Waals surface area contributed by atoms with Gasteiger partial charge in [0, 0.05) is 0 Å². The Bertz CT molecular complexity index is 391. The quantitative estimate of drug-likeness (QED) is 0.769. The van der Waals surface area contributed by atoms with Crippen LogP contribution in [0, 0.1) is 0 Å². The Morgan fingerprint density at radius 3 is 3.31 bits per heavy atom. The van der Waals surface area contributed by atoms with E-state index in [0.717, 1.165) is 9.55 Å². The molecule has 0 fully saturated rings. The van der Waals surface area contributed by atoms with Crippen LogP contribution in [0.3, 0.4) is 0 Å². The molecule has 6 nitrogen and oxygen atoms in total. The fourth-order valence-corrected chi connectivity index (χ4v) is 1.86. The van der Waals surface area contributed by atoms with Crippen LogP contribution >= 0.6 is 22.6 Å². The third kappa shape index (κ3) is 2.52. The number of hydrazone groups is 1. The van der Waals surface area contributed by atoms with Gasteiger partial charge in [-0.3, -0.25) is 5.32 Å². The number of aliphatic imine (C=N–C) groups is 1. The minimum Gasteiger partial charge on any atom is -0.450 e. The highest BCUT2D eigenvalue weighted by molar-refractivity contribution is 14.1. The maximum atomic E-state index is 11.2. The van der Waals surface area contributed by atoms with E-state index in [-0.39, 0.29) is 6.17 Å². The smallest absolute Gasteiger partial charge is 0.408 e. The molecule has 0 aliphatic carbocycles. The number of fused-ring (bicyclic) bond motifs is 1. The molecule has 1 unspecified atom stereocenters. The van der Waals surface area contributed by atoms with E-state index < -0.39 is 6.09 Å². The molecule has 7 heteroatoms. The maximum absolute atomic E-state index is 11.2. The molecule has 86 valence electrons. The highest BCUT2D eigenvalue weighted by Gasteiger charge is 2.26. The number of alkyl carbamates (subject to hydrolysis) is 1. The van der Waals surface area contributed by atoms with Crippen LogP contribution in [0.25, 0.3) is 0 Å². The summed E-state index contributed by atoms with van der Waals surface area (Å²) in [5, 5.41) is 8.69. The minimum absolute atomic E-state index is 0.287. The maximum Gasteiger partial charge on any atom is 0.408 e. The largest absolute Gasteiger partial charge is 0.450 e. The predicted octanol–water partition coefficient (Wildman–Crippen LogP) is 1.09. The van der Waals surface area contributed by atoms with Crippen molar-refractivity contribution in [3.05, 3.63) is 12.2 Å². The zero-order valence-corrected chi connectivity index (χ0v) is 10.8. The fraction of sp³-hybridized carbons (Fsp3) is 0.444. The van der Waals surface area contributed by atoms with E-state index in [0.29, 0.717) is 13.2 Å². The first-order chi connectivity index (χ1) is 7.69. The Hall–Kier alpha value is -1.12. The number of hydrogen-bond donors (Lipinski definition) is 1. The Morgan fingerprint density at radius 2 is 2.56 bits per heavy atom. The summed E-state index contributed by atoms with van der Waals surface area (Å²) in [4.78, 5) is 15.5. The van der Waals surface area contributed by atoms with Gasteiger partial charge in [0.05, 0.1) is 13.2 Å². The van der Waals surface area contributed by atoms with Crippen molar-refractivity contribution in [1.82, 2.24) is 10.3 Å². The molecule has 0 saturated carbocycles. The highest BCUT2D eigenvalue weighted by Crippen LogP contribution is 2.14. The molecule has 1 atom stereocenters. The summed E-state index contributed by atoms with van der Waals surface area (Å²) in [5.74, 6) is 0.766. The van der Waals surface area contributed by atoms with Gasteiger partial charge in [0.25, 0.3) is 0 Å². The SMILES string of the molecule is CCOC(=O)NC1CN2N=C(I)C=CC2=N1. The zero-order chi connectivity index (χ0) is 11.5. The number of allylic oxidation sites excluding steroid dienone is 1. The van der Waals surface area contributed by atoms with Crippen LogP contribution in [0.5, 0.6) is 0 Å². The van der Waals surface area contributed by atoms with Crippen molar-refractivity contribution >= 4 is 38.2 Å². The van der Waals surface area contributed by atoms with Crippen molar-refractivity contribution in [2.45, 2.75) is 13.1 Å². The molecule has 2 heterocycles. The summed E-state index contributed by atoms with van der Waals surface area (Å²) in [6.07, 6.45) is 3.02. The number of nitrogens with zero attached hydrogens (tertiary/aromatic N) is 3. The fourth-order valence-electron chi connectivity index (χ4n) is 1.42. The molecule has 0 aromatic heterocycles. The van der Waals surface area contributed by atoms with Gasteiger partial charge >= 0.3 is 6.09 Å². The van der Waals surface area contributed by atoms with Gasteiger partial charge in [-0.05, 0) is 41.7 Å². The van der Waals surface area contributed by atoms with Crippen molar-refractivity contribution < 1.29 is 9.53 Å². The van der Waals surface area contributed by atoms with E-state index in [4.69, 9.17) is 4.74 Å². The van der Waals surface area contributed by atoms with Crippen molar-refractivity contribution in [2.75, 3.05) is 13.2 Å². The average Bonchev–Trinajstić information content (AvgIpc) is 2.59. The van der Waals surface area contributed by atoms with Crippen LogP contribution in [0.15, 0.2) is 22.2 Å². The first kappa shape index (κ1) is 11.4. The van der Waals surface area contributed by atoms with Gasteiger partial charge in [0.1, 0.15) is 15.7 Å². The van der Waals surface area contributed by atoms with E-state index in [1.807, 2.05) is 12.2 Å². The van der Waals surface area contributed by atoms with Crippen molar-refractivity contribution in [3.8, 4) is 0 Å². The van der Waals surface area contributed by atoms with Gasteiger partial charge in [-0.1, -0.05) is 0 Å². The standard InChI is InChI=1S/C9H11IN4O2/c1-2-16-9(15)12-7-5-14-8(11-7)4-3-6(10)13-14/h3-4,7H,2,5H2,1H3,(H,12,15).